The van der Waals surface area contributed by atoms with Gasteiger partial charge in [-0.2, -0.15) is 0 Å². The van der Waals surface area contributed by atoms with Crippen molar-refractivity contribution in [2.45, 2.75) is 26.2 Å². The number of amides is 2. The third-order valence-corrected chi connectivity index (χ3v) is 4.43. The predicted octanol–water partition coefficient (Wildman–Crippen LogP) is 3.40. The molecule has 3 rings (SSSR count). The summed E-state index contributed by atoms with van der Waals surface area (Å²) in [6, 6.07) is 13.6. The van der Waals surface area contributed by atoms with Gasteiger partial charge in [0, 0.05) is 24.3 Å². The summed E-state index contributed by atoms with van der Waals surface area (Å²) < 4.78 is 10.6. The average molecular weight is 396 g/mol. The first-order valence-corrected chi connectivity index (χ1v) is 9.67. The van der Waals surface area contributed by atoms with Crippen molar-refractivity contribution in [3.63, 3.8) is 0 Å². The van der Waals surface area contributed by atoms with E-state index in [0.717, 1.165) is 25.1 Å². The lowest BCUT2D eigenvalue weighted by atomic mass is 10.2. The van der Waals surface area contributed by atoms with E-state index in [-0.39, 0.29) is 24.4 Å². The SMILES string of the molecule is CCCOC(=O)c1ccc(NC(=O)COc2ccc(N3CCCC3=O)cc2)cc1. The third kappa shape index (κ3) is 5.57. The number of ether oxygens (including phenoxy) is 2. The van der Waals surface area contributed by atoms with Crippen LogP contribution in [0.15, 0.2) is 48.5 Å². The van der Waals surface area contributed by atoms with Gasteiger partial charge >= 0.3 is 5.97 Å². The summed E-state index contributed by atoms with van der Waals surface area (Å²) in [5.74, 6) is -0.0236. The number of carbonyl (C=O) groups excluding carboxylic acids is 3. The second-order valence-corrected chi connectivity index (χ2v) is 6.69. The van der Waals surface area contributed by atoms with E-state index >= 15 is 0 Å². The lowest BCUT2D eigenvalue weighted by Crippen LogP contribution is -2.23. The molecule has 0 spiro atoms. The zero-order chi connectivity index (χ0) is 20.6. The van der Waals surface area contributed by atoms with Crippen LogP contribution in [0.2, 0.25) is 0 Å². The number of carbonyl (C=O) groups is 3. The van der Waals surface area contributed by atoms with Crippen molar-refractivity contribution in [2.24, 2.45) is 0 Å². The Morgan fingerprint density at radius 1 is 1.07 bits per heavy atom. The summed E-state index contributed by atoms with van der Waals surface area (Å²) in [4.78, 5) is 37.4. The Kier molecular flexibility index (Phi) is 6.84. The van der Waals surface area contributed by atoms with Crippen molar-refractivity contribution in [2.75, 3.05) is 30.0 Å². The van der Waals surface area contributed by atoms with Gasteiger partial charge in [-0.05, 0) is 61.4 Å². The van der Waals surface area contributed by atoms with Gasteiger partial charge in [-0.1, -0.05) is 6.92 Å². The number of nitrogens with one attached hydrogen (secondary N) is 1. The number of rotatable bonds is 8. The summed E-state index contributed by atoms with van der Waals surface area (Å²) >= 11 is 0. The van der Waals surface area contributed by atoms with Gasteiger partial charge in [-0.3, -0.25) is 9.59 Å². The molecule has 0 aromatic heterocycles. The number of esters is 1. The first kappa shape index (κ1) is 20.4. The molecule has 0 aliphatic carbocycles. The van der Waals surface area contributed by atoms with Crippen molar-refractivity contribution in [3.8, 4) is 5.75 Å². The van der Waals surface area contributed by atoms with Crippen LogP contribution >= 0.6 is 0 Å². The number of benzene rings is 2. The molecular formula is C22H24N2O5. The van der Waals surface area contributed by atoms with Crippen LogP contribution in [0.3, 0.4) is 0 Å². The first-order valence-electron chi connectivity index (χ1n) is 9.67. The van der Waals surface area contributed by atoms with Crippen LogP contribution in [0, 0.1) is 0 Å². The molecular weight excluding hydrogens is 372 g/mol. The zero-order valence-electron chi connectivity index (χ0n) is 16.3. The fraction of sp³-hybridized carbons (Fsp3) is 0.318. The van der Waals surface area contributed by atoms with Gasteiger partial charge in [0.05, 0.1) is 12.2 Å². The van der Waals surface area contributed by atoms with E-state index in [1.165, 1.54) is 0 Å². The van der Waals surface area contributed by atoms with Gasteiger partial charge in [0.2, 0.25) is 5.91 Å². The summed E-state index contributed by atoms with van der Waals surface area (Å²) in [6.45, 7) is 2.89. The van der Waals surface area contributed by atoms with Crippen LogP contribution in [0.4, 0.5) is 11.4 Å². The number of anilines is 2. The van der Waals surface area contributed by atoms with E-state index in [9.17, 15) is 14.4 Å². The molecule has 0 radical (unpaired) electrons. The highest BCUT2D eigenvalue weighted by atomic mass is 16.5. The van der Waals surface area contributed by atoms with Crippen LogP contribution in [0.5, 0.6) is 5.75 Å². The highest BCUT2D eigenvalue weighted by molar-refractivity contribution is 5.95. The molecule has 0 saturated carbocycles. The fourth-order valence-corrected chi connectivity index (χ4v) is 2.96. The molecule has 0 unspecified atom stereocenters. The Hall–Kier alpha value is -3.35. The Bertz CT molecular complexity index is 862. The van der Waals surface area contributed by atoms with E-state index < -0.39 is 0 Å². The Morgan fingerprint density at radius 2 is 1.79 bits per heavy atom. The number of nitrogens with zero attached hydrogens (tertiary/aromatic N) is 1. The number of hydrogen-bond acceptors (Lipinski definition) is 5. The van der Waals surface area contributed by atoms with E-state index in [1.54, 1.807) is 41.3 Å². The van der Waals surface area contributed by atoms with Crippen LogP contribution < -0.4 is 15.0 Å². The molecule has 1 fully saturated rings. The van der Waals surface area contributed by atoms with Crippen molar-refractivity contribution < 1.29 is 23.9 Å². The van der Waals surface area contributed by atoms with Gasteiger partial charge in [-0.15, -0.1) is 0 Å². The standard InChI is InChI=1S/C22H24N2O5/c1-2-14-28-22(27)16-5-7-17(8-6-16)23-20(25)15-29-19-11-9-18(10-12-19)24-13-3-4-21(24)26/h5-12H,2-4,13-15H2,1H3,(H,23,25). The van der Waals surface area contributed by atoms with Crippen molar-refractivity contribution in [1.29, 1.82) is 0 Å². The second-order valence-electron chi connectivity index (χ2n) is 6.69. The van der Waals surface area contributed by atoms with E-state index in [2.05, 4.69) is 5.32 Å². The summed E-state index contributed by atoms with van der Waals surface area (Å²) in [5, 5.41) is 2.71. The summed E-state index contributed by atoms with van der Waals surface area (Å²) in [5.41, 5.74) is 1.83. The minimum atomic E-state index is -0.382. The monoisotopic (exact) mass is 396 g/mol. The van der Waals surface area contributed by atoms with Crippen molar-refractivity contribution in [3.05, 3.63) is 54.1 Å². The Labute approximate surface area is 169 Å². The van der Waals surface area contributed by atoms with Crippen LogP contribution in [0.25, 0.3) is 0 Å². The molecule has 2 aromatic rings. The maximum absolute atomic E-state index is 12.1. The molecule has 152 valence electrons. The molecule has 29 heavy (non-hydrogen) atoms. The Morgan fingerprint density at radius 3 is 2.41 bits per heavy atom. The zero-order valence-corrected chi connectivity index (χ0v) is 16.3. The molecule has 1 heterocycles. The maximum atomic E-state index is 12.1. The van der Waals surface area contributed by atoms with Crippen LogP contribution in [-0.2, 0) is 14.3 Å². The quantitative estimate of drug-likeness (QED) is 0.692. The predicted molar refractivity (Wildman–Crippen MR) is 109 cm³/mol. The largest absolute Gasteiger partial charge is 0.484 e. The topological polar surface area (TPSA) is 84.9 Å². The Balaban J connectivity index is 1.47. The normalized spacial score (nSPS) is 13.3. The smallest absolute Gasteiger partial charge is 0.338 e. The molecule has 0 atom stereocenters. The summed E-state index contributed by atoms with van der Waals surface area (Å²) in [7, 11) is 0. The molecule has 2 aromatic carbocycles. The molecule has 2 amide bonds. The molecule has 1 saturated heterocycles. The lowest BCUT2D eigenvalue weighted by Gasteiger charge is -2.16. The molecule has 1 aliphatic rings. The molecule has 7 heteroatoms. The number of hydrogen-bond donors (Lipinski definition) is 1. The third-order valence-electron chi connectivity index (χ3n) is 4.43. The van der Waals surface area contributed by atoms with E-state index in [0.29, 0.717) is 30.0 Å². The molecule has 0 bridgehead atoms. The van der Waals surface area contributed by atoms with Gasteiger partial charge in [-0.25, -0.2) is 4.79 Å². The lowest BCUT2D eigenvalue weighted by molar-refractivity contribution is -0.118. The first-order chi connectivity index (χ1) is 14.1. The minimum absolute atomic E-state index is 0.127. The minimum Gasteiger partial charge on any atom is -0.484 e. The highest BCUT2D eigenvalue weighted by Gasteiger charge is 2.21. The van der Waals surface area contributed by atoms with Gasteiger partial charge in [0.15, 0.2) is 6.61 Å². The average Bonchev–Trinajstić information content (AvgIpc) is 3.17. The van der Waals surface area contributed by atoms with Gasteiger partial charge in [0.1, 0.15) is 5.75 Å². The highest BCUT2D eigenvalue weighted by Crippen LogP contribution is 2.23. The van der Waals surface area contributed by atoms with Crippen LogP contribution in [-0.4, -0.2) is 37.5 Å². The van der Waals surface area contributed by atoms with E-state index in [1.807, 2.05) is 19.1 Å². The van der Waals surface area contributed by atoms with Gasteiger partial charge in [0.25, 0.3) is 5.91 Å². The molecule has 1 N–H and O–H groups in total. The van der Waals surface area contributed by atoms with Crippen LogP contribution in [0.1, 0.15) is 36.5 Å². The van der Waals surface area contributed by atoms with Gasteiger partial charge < -0.3 is 19.7 Å². The second kappa shape index (κ2) is 9.73. The summed E-state index contributed by atoms with van der Waals surface area (Å²) in [6.07, 6.45) is 2.22. The van der Waals surface area contributed by atoms with Crippen molar-refractivity contribution >= 4 is 29.2 Å². The van der Waals surface area contributed by atoms with E-state index in [4.69, 9.17) is 9.47 Å². The molecule has 7 nitrogen and oxygen atoms in total. The maximum Gasteiger partial charge on any atom is 0.338 e. The van der Waals surface area contributed by atoms with Crippen molar-refractivity contribution in [1.82, 2.24) is 0 Å². The molecule has 1 aliphatic heterocycles. The fourth-order valence-electron chi connectivity index (χ4n) is 2.96.